The molecule has 88 valence electrons. The van der Waals surface area contributed by atoms with E-state index in [4.69, 9.17) is 4.74 Å². The first-order valence-corrected chi connectivity index (χ1v) is 5.83. The molecule has 0 aromatic carbocycles. The van der Waals surface area contributed by atoms with E-state index in [0.29, 0.717) is 0 Å². The Kier molecular flexibility index (Phi) is 3.26. The van der Waals surface area contributed by atoms with Crippen LogP contribution in [0.15, 0.2) is 18.5 Å². The summed E-state index contributed by atoms with van der Waals surface area (Å²) in [6.45, 7) is 1.98. The van der Waals surface area contributed by atoms with E-state index in [1.807, 2.05) is 13.0 Å². The van der Waals surface area contributed by atoms with Gasteiger partial charge in [-0.2, -0.15) is 0 Å². The molecule has 3 heteroatoms. The van der Waals surface area contributed by atoms with Gasteiger partial charge in [-0.1, -0.05) is 18.9 Å². The third-order valence-electron chi connectivity index (χ3n) is 3.57. The minimum atomic E-state index is -0.563. The second kappa shape index (κ2) is 4.52. The quantitative estimate of drug-likeness (QED) is 0.852. The Hall–Kier alpha value is -0.930. The second-order valence-corrected chi connectivity index (χ2v) is 4.67. The molecule has 16 heavy (non-hydrogen) atoms. The normalized spacial score (nSPS) is 20.9. The molecule has 1 fully saturated rings. The van der Waals surface area contributed by atoms with Gasteiger partial charge in [0, 0.05) is 25.1 Å². The van der Waals surface area contributed by atoms with E-state index in [2.05, 4.69) is 4.98 Å². The van der Waals surface area contributed by atoms with Crippen LogP contribution in [-0.4, -0.2) is 22.8 Å². The maximum absolute atomic E-state index is 10.4. The predicted molar refractivity (Wildman–Crippen MR) is 62.1 cm³/mol. The molecule has 3 nitrogen and oxygen atoms in total. The lowest BCUT2D eigenvalue weighted by Gasteiger charge is -2.33. The lowest BCUT2D eigenvalue weighted by molar-refractivity contribution is -0.100. The van der Waals surface area contributed by atoms with E-state index < -0.39 is 11.7 Å². The van der Waals surface area contributed by atoms with Crippen LogP contribution in [0.3, 0.4) is 0 Å². The smallest absolute Gasteiger partial charge is 0.109 e. The molecule has 1 N–H and O–H groups in total. The van der Waals surface area contributed by atoms with Crippen LogP contribution in [0.1, 0.15) is 42.9 Å². The first-order chi connectivity index (χ1) is 7.68. The Balaban J connectivity index is 2.26. The van der Waals surface area contributed by atoms with Crippen molar-refractivity contribution in [3.63, 3.8) is 0 Å². The Bertz CT molecular complexity index is 359. The summed E-state index contributed by atoms with van der Waals surface area (Å²) in [5, 5.41) is 10.4. The summed E-state index contributed by atoms with van der Waals surface area (Å²) >= 11 is 0. The van der Waals surface area contributed by atoms with Crippen molar-refractivity contribution in [2.24, 2.45) is 0 Å². The van der Waals surface area contributed by atoms with Gasteiger partial charge in [0.1, 0.15) is 6.10 Å². The third-order valence-corrected chi connectivity index (χ3v) is 3.57. The van der Waals surface area contributed by atoms with Gasteiger partial charge in [0.15, 0.2) is 0 Å². The summed E-state index contributed by atoms with van der Waals surface area (Å²) in [7, 11) is 1.69. The van der Waals surface area contributed by atoms with Crippen LogP contribution in [0.4, 0.5) is 0 Å². The molecule has 1 aliphatic carbocycles. The number of aliphatic hydroxyl groups excluding tert-OH is 1. The van der Waals surface area contributed by atoms with E-state index in [1.165, 1.54) is 0 Å². The van der Waals surface area contributed by atoms with Crippen molar-refractivity contribution in [2.75, 3.05) is 7.11 Å². The number of hydrogen-bond donors (Lipinski definition) is 1. The maximum atomic E-state index is 10.4. The fourth-order valence-corrected chi connectivity index (χ4v) is 2.59. The van der Waals surface area contributed by atoms with E-state index in [0.717, 1.165) is 36.8 Å². The van der Waals surface area contributed by atoms with Crippen LogP contribution >= 0.6 is 0 Å². The molecule has 1 aromatic heterocycles. The van der Waals surface area contributed by atoms with Crippen molar-refractivity contribution in [1.82, 2.24) is 4.98 Å². The summed E-state index contributed by atoms with van der Waals surface area (Å²) in [6, 6.07) is 1.98. The SMILES string of the molecule is COC1(C(O)c2cncc(C)c2)CCCC1. The Morgan fingerprint density at radius 3 is 2.62 bits per heavy atom. The maximum Gasteiger partial charge on any atom is 0.109 e. The van der Waals surface area contributed by atoms with Gasteiger partial charge >= 0.3 is 0 Å². The highest BCUT2D eigenvalue weighted by Gasteiger charge is 2.41. The molecule has 0 bridgehead atoms. The molecule has 1 heterocycles. The van der Waals surface area contributed by atoms with Gasteiger partial charge < -0.3 is 9.84 Å². The van der Waals surface area contributed by atoms with Crippen molar-refractivity contribution in [3.8, 4) is 0 Å². The molecule has 0 spiro atoms. The van der Waals surface area contributed by atoms with Crippen LogP contribution in [-0.2, 0) is 4.74 Å². The van der Waals surface area contributed by atoms with E-state index in [1.54, 1.807) is 19.5 Å². The fourth-order valence-electron chi connectivity index (χ4n) is 2.59. The third kappa shape index (κ3) is 1.97. The summed E-state index contributed by atoms with van der Waals surface area (Å²) in [4.78, 5) is 4.13. The summed E-state index contributed by atoms with van der Waals surface area (Å²) in [5.41, 5.74) is 1.54. The number of pyridine rings is 1. The molecule has 0 radical (unpaired) electrons. The molecule has 2 rings (SSSR count). The van der Waals surface area contributed by atoms with Crippen LogP contribution in [0.25, 0.3) is 0 Å². The van der Waals surface area contributed by atoms with Gasteiger partial charge in [0.05, 0.1) is 5.60 Å². The Morgan fingerprint density at radius 2 is 2.06 bits per heavy atom. The van der Waals surface area contributed by atoms with Gasteiger partial charge in [0.25, 0.3) is 0 Å². The van der Waals surface area contributed by atoms with Crippen LogP contribution < -0.4 is 0 Å². The average molecular weight is 221 g/mol. The average Bonchev–Trinajstić information content (AvgIpc) is 2.78. The summed E-state index contributed by atoms with van der Waals surface area (Å²) in [6.07, 6.45) is 7.08. The van der Waals surface area contributed by atoms with Gasteiger partial charge in [-0.15, -0.1) is 0 Å². The Labute approximate surface area is 96.5 Å². The van der Waals surface area contributed by atoms with Gasteiger partial charge in [-0.25, -0.2) is 0 Å². The van der Waals surface area contributed by atoms with E-state index in [9.17, 15) is 5.11 Å². The minimum Gasteiger partial charge on any atom is -0.385 e. The van der Waals surface area contributed by atoms with Gasteiger partial charge in [-0.05, 0) is 25.3 Å². The monoisotopic (exact) mass is 221 g/mol. The van der Waals surface area contributed by atoms with Crippen LogP contribution in [0, 0.1) is 6.92 Å². The topological polar surface area (TPSA) is 42.4 Å². The highest BCUT2D eigenvalue weighted by atomic mass is 16.5. The zero-order valence-corrected chi connectivity index (χ0v) is 9.94. The first-order valence-electron chi connectivity index (χ1n) is 5.83. The van der Waals surface area contributed by atoms with Gasteiger partial charge in [-0.3, -0.25) is 4.98 Å². The molecule has 0 aliphatic heterocycles. The number of methoxy groups -OCH3 is 1. The van der Waals surface area contributed by atoms with E-state index >= 15 is 0 Å². The summed E-state index contributed by atoms with van der Waals surface area (Å²) in [5.74, 6) is 0. The number of aromatic nitrogens is 1. The van der Waals surface area contributed by atoms with Crippen molar-refractivity contribution in [1.29, 1.82) is 0 Å². The van der Waals surface area contributed by atoms with E-state index in [-0.39, 0.29) is 0 Å². The van der Waals surface area contributed by atoms with Crippen molar-refractivity contribution in [2.45, 2.75) is 44.3 Å². The number of hydrogen-bond acceptors (Lipinski definition) is 3. The number of aryl methyl sites for hydroxylation is 1. The molecule has 0 saturated heterocycles. The molecular weight excluding hydrogens is 202 g/mol. The predicted octanol–water partition coefficient (Wildman–Crippen LogP) is 2.38. The largest absolute Gasteiger partial charge is 0.385 e. The molecule has 1 atom stereocenters. The highest BCUT2D eigenvalue weighted by molar-refractivity contribution is 5.22. The molecule has 1 saturated carbocycles. The first kappa shape index (κ1) is 11.6. The molecule has 0 amide bonds. The van der Waals surface area contributed by atoms with Crippen molar-refractivity contribution < 1.29 is 9.84 Å². The zero-order valence-electron chi connectivity index (χ0n) is 9.94. The number of ether oxygens (including phenoxy) is 1. The van der Waals surface area contributed by atoms with Crippen LogP contribution in [0.5, 0.6) is 0 Å². The molecule has 1 aromatic rings. The lowest BCUT2D eigenvalue weighted by atomic mass is 9.89. The zero-order chi connectivity index (χ0) is 11.6. The van der Waals surface area contributed by atoms with Crippen molar-refractivity contribution >= 4 is 0 Å². The van der Waals surface area contributed by atoms with Crippen LogP contribution in [0.2, 0.25) is 0 Å². The van der Waals surface area contributed by atoms with Gasteiger partial charge in [0.2, 0.25) is 0 Å². The molecule has 1 unspecified atom stereocenters. The summed E-state index contributed by atoms with van der Waals surface area (Å²) < 4.78 is 5.58. The standard InChI is InChI=1S/C13H19NO2/c1-10-7-11(9-14-8-10)12(15)13(16-2)5-3-4-6-13/h7-9,12,15H,3-6H2,1-2H3. The highest BCUT2D eigenvalue weighted by Crippen LogP contribution is 2.42. The van der Waals surface area contributed by atoms with Crippen molar-refractivity contribution in [3.05, 3.63) is 29.6 Å². The number of nitrogens with zero attached hydrogens (tertiary/aromatic N) is 1. The molecular formula is C13H19NO2. The fraction of sp³-hybridized carbons (Fsp3) is 0.615. The number of rotatable bonds is 3. The second-order valence-electron chi connectivity index (χ2n) is 4.67. The lowest BCUT2D eigenvalue weighted by Crippen LogP contribution is -2.35. The molecule has 1 aliphatic rings. The Morgan fingerprint density at radius 1 is 1.38 bits per heavy atom. The minimum absolute atomic E-state index is 0.393. The number of aliphatic hydroxyl groups is 1.